The second-order valence-electron chi connectivity index (χ2n) is 6.45. The van der Waals surface area contributed by atoms with E-state index in [0.717, 1.165) is 16.7 Å². The number of hydrogen-bond acceptors (Lipinski definition) is 3. The van der Waals surface area contributed by atoms with Gasteiger partial charge in [0.15, 0.2) is 6.10 Å². The minimum atomic E-state index is -0.696. The average molecular weight is 338 g/mol. The predicted octanol–water partition coefficient (Wildman–Crippen LogP) is 3.36. The topological polar surface area (TPSA) is 58.6 Å². The number of carbonyl (C=O) groups excluding carboxylic acids is 2. The van der Waals surface area contributed by atoms with Gasteiger partial charge in [-0.05, 0) is 62.6 Å². The Morgan fingerprint density at radius 3 is 2.68 bits per heavy atom. The van der Waals surface area contributed by atoms with Gasteiger partial charge in [-0.3, -0.25) is 14.5 Å². The Hall–Kier alpha value is -2.82. The molecule has 0 spiro atoms. The lowest BCUT2D eigenvalue weighted by Gasteiger charge is -2.31. The highest BCUT2D eigenvalue weighted by Gasteiger charge is 2.30. The maximum atomic E-state index is 12.9. The molecule has 0 bridgehead atoms. The van der Waals surface area contributed by atoms with Gasteiger partial charge < -0.3 is 10.1 Å². The molecular formula is C20H22N2O3. The van der Waals surface area contributed by atoms with Gasteiger partial charge in [0.25, 0.3) is 5.91 Å². The molecule has 5 nitrogen and oxygen atoms in total. The molecule has 2 aromatic rings. The van der Waals surface area contributed by atoms with Crippen molar-refractivity contribution in [2.75, 3.05) is 16.8 Å². The number of hydrogen-bond donors (Lipinski definition) is 1. The maximum Gasteiger partial charge on any atom is 0.268 e. The van der Waals surface area contributed by atoms with Gasteiger partial charge in [0.05, 0.1) is 11.4 Å². The van der Waals surface area contributed by atoms with Crippen molar-refractivity contribution in [1.82, 2.24) is 0 Å². The van der Waals surface area contributed by atoms with Crippen molar-refractivity contribution < 1.29 is 14.3 Å². The molecule has 1 heterocycles. The highest BCUT2D eigenvalue weighted by atomic mass is 16.5. The minimum Gasteiger partial charge on any atom is -0.481 e. The maximum absolute atomic E-state index is 12.9. The van der Waals surface area contributed by atoms with Gasteiger partial charge in [-0.15, -0.1) is 0 Å². The Bertz CT molecular complexity index is 845. The molecule has 2 aromatic carbocycles. The fraction of sp³-hybridized carbons (Fsp3) is 0.300. The van der Waals surface area contributed by atoms with Crippen LogP contribution in [0.3, 0.4) is 0 Å². The van der Waals surface area contributed by atoms with Crippen molar-refractivity contribution in [1.29, 1.82) is 0 Å². The number of nitrogens with one attached hydrogen (secondary N) is 1. The molecule has 2 amide bonds. The number of aryl methyl sites for hydroxylation is 2. The first-order chi connectivity index (χ1) is 11.9. The van der Waals surface area contributed by atoms with Gasteiger partial charge in [0.2, 0.25) is 5.91 Å². The number of nitrogens with zero attached hydrogens (tertiary/aromatic N) is 1. The molecule has 0 saturated heterocycles. The molecule has 0 aliphatic carbocycles. The first kappa shape index (κ1) is 17.0. The van der Waals surface area contributed by atoms with E-state index in [0.29, 0.717) is 17.1 Å². The summed E-state index contributed by atoms with van der Waals surface area (Å²) in [7, 11) is 0. The van der Waals surface area contributed by atoms with E-state index in [9.17, 15) is 9.59 Å². The highest BCUT2D eigenvalue weighted by Crippen LogP contribution is 2.30. The number of benzene rings is 2. The summed E-state index contributed by atoms with van der Waals surface area (Å²) in [5.74, 6) is 0.260. The summed E-state index contributed by atoms with van der Waals surface area (Å²) in [6.45, 7) is 7.71. The van der Waals surface area contributed by atoms with Crippen molar-refractivity contribution >= 4 is 23.2 Å². The summed E-state index contributed by atoms with van der Waals surface area (Å²) < 4.78 is 5.95. The third kappa shape index (κ3) is 3.36. The number of rotatable bonds is 3. The molecule has 0 saturated carbocycles. The Balaban J connectivity index is 1.85. The molecule has 1 aliphatic rings. The number of anilines is 2. The molecular weight excluding hydrogens is 316 g/mol. The fourth-order valence-electron chi connectivity index (χ4n) is 3.01. The number of carbonyl (C=O) groups is 2. The van der Waals surface area contributed by atoms with Gasteiger partial charge in [0, 0.05) is 0 Å². The van der Waals surface area contributed by atoms with E-state index in [1.165, 1.54) is 4.90 Å². The summed E-state index contributed by atoms with van der Waals surface area (Å²) >= 11 is 0. The Morgan fingerprint density at radius 1 is 1.20 bits per heavy atom. The van der Waals surface area contributed by atoms with Crippen molar-refractivity contribution in [3.05, 3.63) is 53.1 Å². The van der Waals surface area contributed by atoms with Crippen LogP contribution in [0.15, 0.2) is 36.4 Å². The van der Waals surface area contributed by atoms with Gasteiger partial charge >= 0.3 is 0 Å². The summed E-state index contributed by atoms with van der Waals surface area (Å²) in [4.78, 5) is 26.3. The van der Waals surface area contributed by atoms with Gasteiger partial charge in [-0.2, -0.15) is 0 Å². The number of fused-ring (bicyclic) bond motifs is 1. The molecule has 0 radical (unpaired) electrons. The van der Waals surface area contributed by atoms with Crippen molar-refractivity contribution in [2.24, 2.45) is 0 Å². The van der Waals surface area contributed by atoms with Crippen molar-refractivity contribution in [2.45, 2.75) is 33.8 Å². The first-order valence-corrected chi connectivity index (χ1v) is 8.31. The molecule has 1 aliphatic heterocycles. The largest absolute Gasteiger partial charge is 0.481 e. The van der Waals surface area contributed by atoms with Crippen LogP contribution in [0.25, 0.3) is 0 Å². The van der Waals surface area contributed by atoms with Crippen molar-refractivity contribution in [3.63, 3.8) is 0 Å². The lowest BCUT2D eigenvalue weighted by Crippen LogP contribution is -2.47. The molecule has 130 valence electrons. The molecule has 0 aromatic heterocycles. The van der Waals surface area contributed by atoms with E-state index < -0.39 is 6.10 Å². The van der Waals surface area contributed by atoms with Crippen LogP contribution in [-0.4, -0.2) is 24.5 Å². The van der Waals surface area contributed by atoms with Crippen LogP contribution in [0.2, 0.25) is 0 Å². The first-order valence-electron chi connectivity index (χ1n) is 8.31. The summed E-state index contributed by atoms with van der Waals surface area (Å²) in [6.07, 6.45) is -0.696. The summed E-state index contributed by atoms with van der Waals surface area (Å²) in [5, 5.41) is 2.78. The molecule has 1 N–H and O–H groups in total. The van der Waals surface area contributed by atoms with Crippen LogP contribution in [-0.2, 0) is 9.59 Å². The number of para-hydroxylation sites is 2. The van der Waals surface area contributed by atoms with E-state index in [1.54, 1.807) is 13.0 Å². The third-order valence-electron chi connectivity index (χ3n) is 4.45. The normalized spacial score (nSPS) is 14.6. The van der Waals surface area contributed by atoms with Crippen LogP contribution >= 0.6 is 0 Å². The van der Waals surface area contributed by atoms with Crippen LogP contribution < -0.4 is 15.0 Å². The summed E-state index contributed by atoms with van der Waals surface area (Å²) in [6, 6.07) is 11.3. The van der Waals surface area contributed by atoms with E-state index in [4.69, 9.17) is 4.74 Å². The predicted molar refractivity (Wildman–Crippen MR) is 98.2 cm³/mol. The average Bonchev–Trinajstić information content (AvgIpc) is 2.57. The Kier molecular flexibility index (Phi) is 4.49. The van der Waals surface area contributed by atoms with Crippen LogP contribution in [0.4, 0.5) is 11.4 Å². The zero-order valence-electron chi connectivity index (χ0n) is 14.9. The van der Waals surface area contributed by atoms with Gasteiger partial charge in [0.1, 0.15) is 12.3 Å². The van der Waals surface area contributed by atoms with E-state index in [2.05, 4.69) is 11.4 Å². The minimum absolute atomic E-state index is 0.00459. The van der Waals surface area contributed by atoms with Gasteiger partial charge in [-0.25, -0.2) is 0 Å². The number of ether oxygens (including phenoxy) is 1. The number of amides is 2. The fourth-order valence-corrected chi connectivity index (χ4v) is 3.01. The Labute approximate surface area is 147 Å². The zero-order valence-corrected chi connectivity index (χ0v) is 14.9. The molecule has 3 rings (SSSR count). The van der Waals surface area contributed by atoms with E-state index in [-0.39, 0.29) is 18.4 Å². The summed E-state index contributed by atoms with van der Waals surface area (Å²) in [5.41, 5.74) is 4.56. The molecule has 1 unspecified atom stereocenters. The quantitative estimate of drug-likeness (QED) is 0.933. The van der Waals surface area contributed by atoms with Crippen LogP contribution in [0, 0.1) is 20.8 Å². The smallest absolute Gasteiger partial charge is 0.268 e. The standard InChI is InChI=1S/C20H22N2O3/c1-12-9-13(2)14(3)18(10-12)25-15(4)20(24)22-11-19(23)21-16-7-5-6-8-17(16)22/h5-10,15H,11H2,1-4H3,(H,21,23). The Morgan fingerprint density at radius 2 is 1.92 bits per heavy atom. The molecule has 1 atom stereocenters. The van der Waals surface area contributed by atoms with Gasteiger partial charge in [-0.1, -0.05) is 18.2 Å². The lowest BCUT2D eigenvalue weighted by atomic mass is 10.1. The van der Waals surface area contributed by atoms with Crippen molar-refractivity contribution in [3.8, 4) is 5.75 Å². The highest BCUT2D eigenvalue weighted by molar-refractivity contribution is 6.10. The second-order valence-corrected chi connectivity index (χ2v) is 6.45. The van der Waals surface area contributed by atoms with E-state index >= 15 is 0 Å². The second kappa shape index (κ2) is 6.59. The zero-order chi connectivity index (χ0) is 18.1. The lowest BCUT2D eigenvalue weighted by molar-refractivity contribution is -0.126. The van der Waals surface area contributed by atoms with Crippen LogP contribution in [0.1, 0.15) is 23.6 Å². The molecule has 5 heteroatoms. The van der Waals surface area contributed by atoms with E-state index in [1.807, 2.05) is 45.0 Å². The van der Waals surface area contributed by atoms with Crippen LogP contribution in [0.5, 0.6) is 5.75 Å². The SMILES string of the molecule is Cc1cc(C)c(C)c(OC(C)C(=O)N2CC(=O)Nc3ccccc32)c1. The monoisotopic (exact) mass is 338 g/mol. The molecule has 25 heavy (non-hydrogen) atoms. The third-order valence-corrected chi connectivity index (χ3v) is 4.45. The molecule has 0 fully saturated rings.